The van der Waals surface area contributed by atoms with Crippen LogP contribution in [0.2, 0.25) is 0 Å². The van der Waals surface area contributed by atoms with Crippen molar-refractivity contribution >= 4 is 11.3 Å². The van der Waals surface area contributed by atoms with Crippen molar-refractivity contribution in [3.8, 4) is 0 Å². The summed E-state index contributed by atoms with van der Waals surface area (Å²) in [6.45, 7) is 2.47. The molecule has 66 valence electrons. The molecule has 2 nitrogen and oxygen atoms in total. The monoisotopic (exact) mass is 183 g/mol. The molecule has 1 heterocycles. The molecule has 0 amide bonds. The summed E-state index contributed by atoms with van der Waals surface area (Å²) >= 11 is 1.80. The van der Waals surface area contributed by atoms with E-state index >= 15 is 0 Å². The van der Waals surface area contributed by atoms with Crippen LogP contribution in [0.25, 0.3) is 0 Å². The fourth-order valence-electron chi connectivity index (χ4n) is 1.41. The average molecular weight is 183 g/mol. The topological polar surface area (TPSA) is 33.1 Å². The highest BCUT2D eigenvalue weighted by atomic mass is 32.1. The zero-order valence-electron chi connectivity index (χ0n) is 7.16. The molecule has 2 unspecified atom stereocenters. The molecule has 1 aromatic heterocycles. The number of aromatic nitrogens is 1. The van der Waals surface area contributed by atoms with Crippen LogP contribution in [-0.4, -0.2) is 16.7 Å². The molecule has 0 radical (unpaired) electrons. The summed E-state index contributed by atoms with van der Waals surface area (Å²) in [7, 11) is 0. The molecule has 1 saturated carbocycles. The first-order valence-corrected chi connectivity index (χ1v) is 5.22. The number of rotatable bonds is 3. The zero-order chi connectivity index (χ0) is 8.55. The third kappa shape index (κ3) is 1.39. The van der Waals surface area contributed by atoms with Crippen LogP contribution in [0.3, 0.4) is 0 Å². The van der Waals surface area contributed by atoms with Gasteiger partial charge < -0.3 is 5.11 Å². The molecular weight excluding hydrogens is 170 g/mol. The van der Waals surface area contributed by atoms with Crippen molar-refractivity contribution in [1.82, 2.24) is 4.98 Å². The summed E-state index contributed by atoms with van der Waals surface area (Å²) < 4.78 is 0. The van der Waals surface area contributed by atoms with E-state index in [-0.39, 0.29) is 0 Å². The molecule has 12 heavy (non-hydrogen) atoms. The van der Waals surface area contributed by atoms with Gasteiger partial charge in [0.15, 0.2) is 0 Å². The molecular formula is C9H13NOS. The highest BCUT2D eigenvalue weighted by Gasteiger charge is 2.39. The van der Waals surface area contributed by atoms with Gasteiger partial charge in [-0.3, -0.25) is 0 Å². The van der Waals surface area contributed by atoms with Gasteiger partial charge in [-0.05, 0) is 18.8 Å². The van der Waals surface area contributed by atoms with E-state index in [0.717, 1.165) is 12.8 Å². The Morgan fingerprint density at radius 3 is 3.08 bits per heavy atom. The molecule has 1 aromatic rings. The molecule has 3 heteroatoms. The van der Waals surface area contributed by atoms with Gasteiger partial charge in [-0.1, -0.05) is 6.92 Å². The second-order valence-electron chi connectivity index (χ2n) is 3.30. The first-order valence-electron chi connectivity index (χ1n) is 4.40. The lowest BCUT2D eigenvalue weighted by Gasteiger charge is -1.89. The van der Waals surface area contributed by atoms with E-state index in [2.05, 4.69) is 11.9 Å². The summed E-state index contributed by atoms with van der Waals surface area (Å²) in [5.74, 6) is 1.07. The zero-order valence-corrected chi connectivity index (χ0v) is 7.97. The Morgan fingerprint density at radius 2 is 2.58 bits per heavy atom. The van der Waals surface area contributed by atoms with Crippen molar-refractivity contribution in [2.24, 2.45) is 5.92 Å². The van der Waals surface area contributed by atoms with Crippen LogP contribution in [-0.2, 0) is 6.42 Å². The molecule has 1 aliphatic carbocycles. The molecule has 0 aliphatic heterocycles. The SMILES string of the molecule is CCc1cnc(C2CC2CO)s1. The second kappa shape index (κ2) is 3.15. The quantitative estimate of drug-likeness (QED) is 0.775. The first-order chi connectivity index (χ1) is 5.85. The number of aliphatic hydroxyl groups excluding tert-OH is 1. The van der Waals surface area contributed by atoms with Crippen molar-refractivity contribution in [2.75, 3.05) is 6.61 Å². The number of thiazole rings is 1. The fraction of sp³-hybridized carbons (Fsp3) is 0.667. The fourth-order valence-corrected chi connectivity index (χ4v) is 2.47. The van der Waals surface area contributed by atoms with Crippen molar-refractivity contribution in [3.05, 3.63) is 16.1 Å². The lowest BCUT2D eigenvalue weighted by atomic mass is 10.3. The number of hydrogen-bond donors (Lipinski definition) is 1. The van der Waals surface area contributed by atoms with Crippen molar-refractivity contribution in [1.29, 1.82) is 0 Å². The van der Waals surface area contributed by atoms with Crippen LogP contribution in [0, 0.1) is 5.92 Å². The van der Waals surface area contributed by atoms with Crippen LogP contribution in [0.5, 0.6) is 0 Å². The molecule has 0 spiro atoms. The van der Waals surface area contributed by atoms with Gasteiger partial charge in [-0.2, -0.15) is 0 Å². The minimum absolute atomic E-state index is 0.325. The van der Waals surface area contributed by atoms with E-state index in [1.807, 2.05) is 6.20 Å². The summed E-state index contributed by atoms with van der Waals surface area (Å²) in [4.78, 5) is 5.71. The second-order valence-corrected chi connectivity index (χ2v) is 4.45. The van der Waals surface area contributed by atoms with Gasteiger partial charge >= 0.3 is 0 Å². The first kappa shape index (κ1) is 8.20. The van der Waals surface area contributed by atoms with Gasteiger partial charge in [-0.15, -0.1) is 11.3 Å². The predicted molar refractivity (Wildman–Crippen MR) is 49.4 cm³/mol. The largest absolute Gasteiger partial charge is 0.396 e. The smallest absolute Gasteiger partial charge is 0.0962 e. The summed E-state index contributed by atoms with van der Waals surface area (Å²) in [5.41, 5.74) is 0. The van der Waals surface area contributed by atoms with Crippen molar-refractivity contribution < 1.29 is 5.11 Å². The van der Waals surface area contributed by atoms with E-state index in [0.29, 0.717) is 18.4 Å². The van der Waals surface area contributed by atoms with Crippen molar-refractivity contribution in [3.63, 3.8) is 0 Å². The van der Waals surface area contributed by atoms with E-state index < -0.39 is 0 Å². The molecule has 0 aromatic carbocycles. The molecule has 1 fully saturated rings. The van der Waals surface area contributed by atoms with Gasteiger partial charge in [0.2, 0.25) is 0 Å². The maximum Gasteiger partial charge on any atom is 0.0962 e. The number of hydrogen-bond acceptors (Lipinski definition) is 3. The van der Waals surface area contributed by atoms with Gasteiger partial charge in [-0.25, -0.2) is 4.98 Å². The Morgan fingerprint density at radius 1 is 1.75 bits per heavy atom. The molecule has 2 atom stereocenters. The normalized spacial score (nSPS) is 27.5. The Balaban J connectivity index is 2.05. The van der Waals surface area contributed by atoms with E-state index in [1.54, 1.807) is 11.3 Å². The Bertz CT molecular complexity index is 271. The maximum absolute atomic E-state index is 8.88. The molecule has 1 aliphatic rings. The van der Waals surface area contributed by atoms with Gasteiger partial charge in [0.1, 0.15) is 0 Å². The number of aryl methyl sites for hydroxylation is 1. The highest BCUT2D eigenvalue weighted by Crippen LogP contribution is 2.48. The summed E-state index contributed by atoms with van der Waals surface area (Å²) in [5, 5.41) is 10.1. The van der Waals surface area contributed by atoms with Crippen LogP contribution >= 0.6 is 11.3 Å². The van der Waals surface area contributed by atoms with Crippen molar-refractivity contribution in [2.45, 2.75) is 25.7 Å². The molecule has 0 bridgehead atoms. The average Bonchev–Trinajstić information content (AvgIpc) is 2.75. The summed E-state index contributed by atoms with van der Waals surface area (Å²) in [6, 6.07) is 0. The lowest BCUT2D eigenvalue weighted by Crippen LogP contribution is -1.86. The molecule has 1 N–H and O–H groups in total. The van der Waals surface area contributed by atoms with E-state index in [4.69, 9.17) is 5.11 Å². The van der Waals surface area contributed by atoms with Gasteiger partial charge in [0.05, 0.1) is 5.01 Å². The predicted octanol–water partition coefficient (Wildman–Crippen LogP) is 1.80. The number of aliphatic hydroxyl groups is 1. The Labute approximate surface area is 76.3 Å². The van der Waals surface area contributed by atoms with Crippen LogP contribution in [0.15, 0.2) is 6.20 Å². The van der Waals surface area contributed by atoms with Crippen LogP contribution < -0.4 is 0 Å². The molecule has 0 saturated heterocycles. The van der Waals surface area contributed by atoms with Gasteiger partial charge in [0, 0.05) is 23.6 Å². The highest BCUT2D eigenvalue weighted by molar-refractivity contribution is 7.11. The van der Waals surface area contributed by atoms with Crippen LogP contribution in [0.1, 0.15) is 29.1 Å². The Kier molecular flexibility index (Phi) is 2.15. The number of nitrogens with zero attached hydrogens (tertiary/aromatic N) is 1. The summed E-state index contributed by atoms with van der Waals surface area (Å²) in [6.07, 6.45) is 4.17. The minimum Gasteiger partial charge on any atom is -0.396 e. The standard InChI is InChI=1S/C9H13NOS/c1-2-7-4-10-9(12-7)8-3-6(8)5-11/h4,6,8,11H,2-3,5H2,1H3. The van der Waals surface area contributed by atoms with Crippen LogP contribution in [0.4, 0.5) is 0 Å². The molecule has 2 rings (SSSR count). The Hall–Kier alpha value is -0.410. The minimum atomic E-state index is 0.325. The van der Waals surface area contributed by atoms with E-state index in [9.17, 15) is 0 Å². The van der Waals surface area contributed by atoms with E-state index in [1.165, 1.54) is 9.88 Å². The third-order valence-corrected chi connectivity index (χ3v) is 3.67. The lowest BCUT2D eigenvalue weighted by molar-refractivity contribution is 0.274. The van der Waals surface area contributed by atoms with Gasteiger partial charge in [0.25, 0.3) is 0 Å². The maximum atomic E-state index is 8.88. The third-order valence-electron chi connectivity index (χ3n) is 2.39.